The molecule has 0 bridgehead atoms. The summed E-state index contributed by atoms with van der Waals surface area (Å²) < 4.78 is 15.5. The van der Waals surface area contributed by atoms with Gasteiger partial charge in [0.25, 0.3) is 0 Å². The number of aryl methyl sites for hydroxylation is 1. The molecule has 2 aromatic heterocycles. The van der Waals surface area contributed by atoms with Crippen LogP contribution in [-0.2, 0) is 11.2 Å². The van der Waals surface area contributed by atoms with Gasteiger partial charge in [-0.3, -0.25) is 4.79 Å². The van der Waals surface area contributed by atoms with Crippen molar-refractivity contribution in [2.75, 3.05) is 31.1 Å². The van der Waals surface area contributed by atoms with Crippen molar-refractivity contribution in [3.63, 3.8) is 0 Å². The van der Waals surface area contributed by atoms with Crippen molar-refractivity contribution in [2.45, 2.75) is 39.0 Å². The third kappa shape index (κ3) is 5.62. The fourth-order valence-corrected chi connectivity index (χ4v) is 5.86. The minimum Gasteiger partial charge on any atom is -0.354 e. The molecule has 7 nitrogen and oxygen atoms in total. The first-order valence-corrected chi connectivity index (χ1v) is 14.7. The zero-order chi connectivity index (χ0) is 29.1. The number of anilines is 1. The van der Waals surface area contributed by atoms with Gasteiger partial charge in [-0.15, -0.1) is 0 Å². The molecule has 0 N–H and O–H groups in total. The SMILES string of the molecule is CC[C@H](C(=O)N1CCCN(c2nc(Cc3ccccc3)nc3c2c(C)nn3-c2ccc(F)cc2)CC1)c1ccccc1. The van der Waals surface area contributed by atoms with E-state index < -0.39 is 0 Å². The van der Waals surface area contributed by atoms with Crippen molar-refractivity contribution >= 4 is 22.8 Å². The molecule has 6 rings (SSSR count). The fourth-order valence-electron chi connectivity index (χ4n) is 5.86. The Morgan fingerprint density at radius 1 is 0.881 bits per heavy atom. The normalized spacial score (nSPS) is 14.6. The lowest BCUT2D eigenvalue weighted by Crippen LogP contribution is -2.38. The molecule has 0 radical (unpaired) electrons. The highest BCUT2D eigenvalue weighted by Gasteiger charge is 2.28. The summed E-state index contributed by atoms with van der Waals surface area (Å²) >= 11 is 0. The first-order chi connectivity index (χ1) is 20.5. The minimum absolute atomic E-state index is 0.142. The minimum atomic E-state index is -0.298. The maximum atomic E-state index is 13.7. The molecule has 214 valence electrons. The van der Waals surface area contributed by atoms with Gasteiger partial charge in [-0.05, 0) is 55.2 Å². The van der Waals surface area contributed by atoms with Gasteiger partial charge in [0.1, 0.15) is 17.5 Å². The Labute approximate surface area is 245 Å². The third-order valence-electron chi connectivity index (χ3n) is 8.02. The summed E-state index contributed by atoms with van der Waals surface area (Å²) in [7, 11) is 0. The Morgan fingerprint density at radius 2 is 1.60 bits per heavy atom. The zero-order valence-electron chi connectivity index (χ0n) is 24.1. The number of carbonyl (C=O) groups excluding carboxylic acids is 1. The summed E-state index contributed by atoms with van der Waals surface area (Å²) in [6.07, 6.45) is 2.17. The first-order valence-electron chi connectivity index (χ1n) is 14.7. The molecule has 3 heterocycles. The number of rotatable bonds is 7. The van der Waals surface area contributed by atoms with Gasteiger partial charge >= 0.3 is 0 Å². The van der Waals surface area contributed by atoms with E-state index >= 15 is 0 Å². The van der Waals surface area contributed by atoms with E-state index in [0.29, 0.717) is 37.5 Å². The van der Waals surface area contributed by atoms with Crippen LogP contribution in [0.2, 0.25) is 0 Å². The van der Waals surface area contributed by atoms with Gasteiger partial charge in [0.05, 0.1) is 22.7 Å². The van der Waals surface area contributed by atoms with Crippen LogP contribution < -0.4 is 4.90 Å². The van der Waals surface area contributed by atoms with Crippen LogP contribution in [-0.4, -0.2) is 56.7 Å². The number of hydrogen-bond acceptors (Lipinski definition) is 5. The van der Waals surface area contributed by atoms with Crippen molar-refractivity contribution < 1.29 is 9.18 Å². The van der Waals surface area contributed by atoms with E-state index in [0.717, 1.165) is 53.1 Å². The lowest BCUT2D eigenvalue weighted by Gasteiger charge is -2.26. The van der Waals surface area contributed by atoms with Crippen LogP contribution in [0.15, 0.2) is 84.9 Å². The van der Waals surface area contributed by atoms with Crippen LogP contribution in [0.25, 0.3) is 16.7 Å². The molecular formula is C34H35FN6O. The van der Waals surface area contributed by atoms with Crippen molar-refractivity contribution in [1.82, 2.24) is 24.6 Å². The van der Waals surface area contributed by atoms with E-state index in [9.17, 15) is 9.18 Å². The smallest absolute Gasteiger partial charge is 0.230 e. The van der Waals surface area contributed by atoms with E-state index in [1.165, 1.54) is 12.1 Å². The molecule has 0 saturated carbocycles. The van der Waals surface area contributed by atoms with E-state index in [1.54, 1.807) is 16.8 Å². The Bertz CT molecular complexity index is 1670. The summed E-state index contributed by atoms with van der Waals surface area (Å²) in [4.78, 5) is 28.1. The van der Waals surface area contributed by atoms with Crippen LogP contribution in [0, 0.1) is 12.7 Å². The maximum absolute atomic E-state index is 13.7. The fraction of sp³-hybridized carbons (Fsp3) is 0.294. The first kappa shape index (κ1) is 27.6. The van der Waals surface area contributed by atoms with Gasteiger partial charge in [-0.1, -0.05) is 67.6 Å². The van der Waals surface area contributed by atoms with Crippen LogP contribution in [0.1, 0.15) is 48.3 Å². The van der Waals surface area contributed by atoms with E-state index in [-0.39, 0.29) is 17.6 Å². The van der Waals surface area contributed by atoms with Crippen molar-refractivity contribution in [2.24, 2.45) is 0 Å². The summed E-state index contributed by atoms with van der Waals surface area (Å²) in [5.41, 5.74) is 4.43. The van der Waals surface area contributed by atoms with Crippen molar-refractivity contribution in [3.05, 3.63) is 113 Å². The highest BCUT2D eigenvalue weighted by molar-refractivity contribution is 5.91. The number of fused-ring (bicyclic) bond motifs is 1. The molecule has 1 atom stereocenters. The summed E-state index contributed by atoms with van der Waals surface area (Å²) in [6, 6.07) is 26.5. The van der Waals surface area contributed by atoms with Gasteiger partial charge < -0.3 is 9.80 Å². The molecule has 3 aromatic carbocycles. The molecule has 1 aliphatic heterocycles. The molecule has 0 spiro atoms. The monoisotopic (exact) mass is 562 g/mol. The van der Waals surface area contributed by atoms with Gasteiger partial charge in [-0.2, -0.15) is 5.10 Å². The Hall–Kier alpha value is -4.59. The second-order valence-corrected chi connectivity index (χ2v) is 10.8. The molecule has 0 unspecified atom stereocenters. The number of hydrogen-bond donors (Lipinski definition) is 0. The predicted octanol–water partition coefficient (Wildman–Crippen LogP) is 6.09. The lowest BCUT2D eigenvalue weighted by atomic mass is 9.95. The average molecular weight is 563 g/mol. The van der Waals surface area contributed by atoms with Crippen molar-refractivity contribution in [1.29, 1.82) is 0 Å². The molecule has 0 aliphatic carbocycles. The molecule has 1 aliphatic rings. The largest absolute Gasteiger partial charge is 0.354 e. The van der Waals surface area contributed by atoms with Gasteiger partial charge in [-0.25, -0.2) is 19.0 Å². The Kier molecular flexibility index (Phi) is 7.95. The van der Waals surface area contributed by atoms with Crippen LogP contribution in [0.3, 0.4) is 0 Å². The predicted molar refractivity (Wildman–Crippen MR) is 163 cm³/mol. The second-order valence-electron chi connectivity index (χ2n) is 10.8. The molecule has 1 fully saturated rings. The number of aromatic nitrogens is 4. The highest BCUT2D eigenvalue weighted by atomic mass is 19.1. The average Bonchev–Trinajstić information content (AvgIpc) is 3.17. The van der Waals surface area contributed by atoms with Gasteiger partial charge in [0.2, 0.25) is 5.91 Å². The van der Waals surface area contributed by atoms with E-state index in [4.69, 9.17) is 15.1 Å². The van der Waals surface area contributed by atoms with Crippen LogP contribution >= 0.6 is 0 Å². The number of halogens is 1. The third-order valence-corrected chi connectivity index (χ3v) is 8.02. The lowest BCUT2D eigenvalue weighted by molar-refractivity contribution is -0.132. The molecule has 1 amide bonds. The van der Waals surface area contributed by atoms with E-state index in [1.807, 2.05) is 60.4 Å². The summed E-state index contributed by atoms with van der Waals surface area (Å²) in [5.74, 6) is 1.27. The molecule has 5 aromatic rings. The van der Waals surface area contributed by atoms with Crippen LogP contribution in [0.4, 0.5) is 10.2 Å². The molecule has 42 heavy (non-hydrogen) atoms. The number of benzene rings is 3. The van der Waals surface area contributed by atoms with E-state index in [2.05, 4.69) is 24.0 Å². The zero-order valence-corrected chi connectivity index (χ0v) is 24.1. The van der Waals surface area contributed by atoms with Crippen molar-refractivity contribution in [3.8, 4) is 5.69 Å². The van der Waals surface area contributed by atoms with Gasteiger partial charge in [0, 0.05) is 32.6 Å². The molecular weight excluding hydrogens is 527 g/mol. The molecule has 8 heteroatoms. The topological polar surface area (TPSA) is 67.2 Å². The number of amides is 1. The van der Waals surface area contributed by atoms with Crippen LogP contribution in [0.5, 0.6) is 0 Å². The maximum Gasteiger partial charge on any atom is 0.230 e. The second kappa shape index (κ2) is 12.1. The van der Waals surface area contributed by atoms with Gasteiger partial charge in [0.15, 0.2) is 5.65 Å². The number of nitrogens with zero attached hydrogens (tertiary/aromatic N) is 6. The quantitative estimate of drug-likeness (QED) is 0.240. The summed E-state index contributed by atoms with van der Waals surface area (Å²) in [5, 5.41) is 5.71. The number of carbonyl (C=O) groups is 1. The molecule has 1 saturated heterocycles. The highest BCUT2D eigenvalue weighted by Crippen LogP contribution is 2.31. The Balaban J connectivity index is 1.35. The summed E-state index contributed by atoms with van der Waals surface area (Å²) in [6.45, 7) is 6.79. The Morgan fingerprint density at radius 3 is 2.31 bits per heavy atom. The standard InChI is InChI=1S/C34H35FN6O/c1-3-29(26-13-8-5-9-14-26)34(42)40-20-10-19-39(21-22-40)32-31-24(2)38-41(28-17-15-27(35)16-18-28)33(31)37-30(36-32)23-25-11-6-4-7-12-25/h4-9,11-18,29H,3,10,19-23H2,1-2H3/t29-/m0/s1.